The SMILES string of the molecule is C=C(NC)/C(C)=C\C(=C/C)C(C)C. The summed E-state index contributed by atoms with van der Waals surface area (Å²) in [7, 11) is 1.89. The highest BCUT2D eigenvalue weighted by Gasteiger charge is 2.00. The first kappa shape index (κ1) is 12.0. The van der Waals surface area contributed by atoms with E-state index in [4.69, 9.17) is 0 Å². The Bertz CT molecular complexity index is 232. The average Bonchev–Trinajstić information content (AvgIpc) is 2.11. The molecular weight excluding hydrogens is 158 g/mol. The highest BCUT2D eigenvalue weighted by molar-refractivity contribution is 5.33. The third-order valence-electron chi connectivity index (χ3n) is 2.16. The Kier molecular flexibility index (Phi) is 5.20. The Morgan fingerprint density at radius 3 is 2.23 bits per heavy atom. The van der Waals surface area contributed by atoms with E-state index in [1.807, 2.05) is 7.05 Å². The molecule has 0 aromatic heterocycles. The Labute approximate surface area is 82.2 Å². The molecule has 1 N–H and O–H groups in total. The third-order valence-corrected chi connectivity index (χ3v) is 2.16. The van der Waals surface area contributed by atoms with Crippen molar-refractivity contribution in [1.29, 1.82) is 0 Å². The lowest BCUT2D eigenvalue weighted by atomic mass is 10.00. The van der Waals surface area contributed by atoms with Gasteiger partial charge in [0.25, 0.3) is 0 Å². The molecule has 0 aliphatic carbocycles. The molecule has 0 heterocycles. The monoisotopic (exact) mass is 179 g/mol. The average molecular weight is 179 g/mol. The van der Waals surface area contributed by atoms with Crippen LogP contribution in [0.15, 0.2) is 35.6 Å². The first-order valence-corrected chi connectivity index (χ1v) is 4.74. The zero-order valence-electron chi connectivity index (χ0n) is 9.44. The molecule has 74 valence electrons. The van der Waals surface area contributed by atoms with Crippen LogP contribution < -0.4 is 5.32 Å². The molecule has 0 aromatic carbocycles. The first-order valence-electron chi connectivity index (χ1n) is 4.74. The second-order valence-corrected chi connectivity index (χ2v) is 3.50. The summed E-state index contributed by atoms with van der Waals surface area (Å²) in [5, 5.41) is 3.04. The summed E-state index contributed by atoms with van der Waals surface area (Å²) in [6.07, 6.45) is 4.33. The fourth-order valence-electron chi connectivity index (χ4n) is 1.12. The van der Waals surface area contributed by atoms with Crippen LogP contribution in [0.2, 0.25) is 0 Å². The van der Waals surface area contributed by atoms with Crippen LogP contribution in [0.3, 0.4) is 0 Å². The predicted molar refractivity (Wildman–Crippen MR) is 60.6 cm³/mol. The van der Waals surface area contributed by atoms with Crippen LogP contribution in [0.1, 0.15) is 27.7 Å². The molecule has 0 aromatic rings. The van der Waals surface area contributed by atoms with Gasteiger partial charge in [-0.15, -0.1) is 0 Å². The lowest BCUT2D eigenvalue weighted by molar-refractivity contribution is 0.787. The van der Waals surface area contributed by atoms with E-state index in [-0.39, 0.29) is 0 Å². The second-order valence-electron chi connectivity index (χ2n) is 3.50. The van der Waals surface area contributed by atoms with Crippen molar-refractivity contribution in [3.63, 3.8) is 0 Å². The predicted octanol–water partition coefficient (Wildman–Crippen LogP) is 3.27. The van der Waals surface area contributed by atoms with Gasteiger partial charge in [0.15, 0.2) is 0 Å². The molecule has 0 saturated carbocycles. The number of likely N-dealkylation sites (N-methyl/N-ethyl adjacent to an activating group) is 1. The molecular formula is C12H21N. The van der Waals surface area contributed by atoms with Crippen molar-refractivity contribution in [3.8, 4) is 0 Å². The molecule has 0 aliphatic rings. The van der Waals surface area contributed by atoms with Gasteiger partial charge in [0.1, 0.15) is 0 Å². The number of hydrogen-bond donors (Lipinski definition) is 1. The van der Waals surface area contributed by atoms with Gasteiger partial charge in [-0.3, -0.25) is 0 Å². The van der Waals surface area contributed by atoms with Crippen LogP contribution in [0.25, 0.3) is 0 Å². The van der Waals surface area contributed by atoms with Crippen molar-refractivity contribution in [1.82, 2.24) is 5.32 Å². The standard InChI is InChI=1S/C12H21N/c1-7-12(9(2)3)8-10(4)11(5)13-6/h7-9,13H,5H2,1-4,6H3/b10-8-,12-7+. The summed E-state index contributed by atoms with van der Waals surface area (Å²) in [4.78, 5) is 0. The van der Waals surface area contributed by atoms with Crippen molar-refractivity contribution in [2.75, 3.05) is 7.05 Å². The van der Waals surface area contributed by atoms with Crippen LogP contribution in [-0.2, 0) is 0 Å². The maximum atomic E-state index is 3.91. The largest absolute Gasteiger partial charge is 0.388 e. The minimum absolute atomic E-state index is 0.574. The molecule has 0 unspecified atom stereocenters. The van der Waals surface area contributed by atoms with Crippen LogP contribution >= 0.6 is 0 Å². The first-order chi connectivity index (χ1) is 6.02. The molecule has 0 rings (SSSR count). The van der Waals surface area contributed by atoms with Crippen LogP contribution in [0, 0.1) is 5.92 Å². The summed E-state index contributed by atoms with van der Waals surface area (Å²) in [6, 6.07) is 0. The van der Waals surface area contributed by atoms with Crippen LogP contribution in [0.5, 0.6) is 0 Å². The molecule has 13 heavy (non-hydrogen) atoms. The zero-order chi connectivity index (χ0) is 10.4. The molecule has 0 amide bonds. The smallest absolute Gasteiger partial charge is 0.0294 e. The third kappa shape index (κ3) is 3.97. The van der Waals surface area contributed by atoms with Crippen molar-refractivity contribution in [2.24, 2.45) is 5.92 Å². The van der Waals surface area contributed by atoms with Gasteiger partial charge >= 0.3 is 0 Å². The highest BCUT2D eigenvalue weighted by atomic mass is 14.8. The summed E-state index contributed by atoms with van der Waals surface area (Å²) >= 11 is 0. The van der Waals surface area contributed by atoms with E-state index < -0.39 is 0 Å². The molecule has 0 saturated heterocycles. The van der Waals surface area contributed by atoms with Gasteiger partial charge < -0.3 is 5.32 Å². The number of allylic oxidation sites excluding steroid dienone is 4. The van der Waals surface area contributed by atoms with E-state index in [0.29, 0.717) is 5.92 Å². The van der Waals surface area contributed by atoms with E-state index in [2.05, 4.69) is 51.7 Å². The Balaban J connectivity index is 4.62. The summed E-state index contributed by atoms with van der Waals surface area (Å²) in [6.45, 7) is 12.4. The Hall–Kier alpha value is -0.980. The lowest BCUT2D eigenvalue weighted by Gasteiger charge is -2.09. The summed E-state index contributed by atoms with van der Waals surface area (Å²) in [5.74, 6) is 0.574. The Morgan fingerprint density at radius 2 is 1.92 bits per heavy atom. The molecule has 1 nitrogen and oxygen atoms in total. The van der Waals surface area contributed by atoms with Crippen LogP contribution in [0.4, 0.5) is 0 Å². The molecule has 0 bridgehead atoms. The molecule has 0 aliphatic heterocycles. The van der Waals surface area contributed by atoms with E-state index in [1.54, 1.807) is 0 Å². The molecule has 0 fully saturated rings. The fourth-order valence-corrected chi connectivity index (χ4v) is 1.12. The number of hydrogen-bond acceptors (Lipinski definition) is 1. The number of nitrogens with one attached hydrogen (secondary N) is 1. The van der Waals surface area contributed by atoms with E-state index in [9.17, 15) is 0 Å². The molecule has 0 spiro atoms. The van der Waals surface area contributed by atoms with Crippen molar-refractivity contribution >= 4 is 0 Å². The normalized spacial score (nSPS) is 13.4. The van der Waals surface area contributed by atoms with Gasteiger partial charge in [-0.2, -0.15) is 0 Å². The van der Waals surface area contributed by atoms with Crippen molar-refractivity contribution < 1.29 is 0 Å². The van der Waals surface area contributed by atoms with Gasteiger partial charge in [-0.05, 0) is 30.9 Å². The quantitative estimate of drug-likeness (QED) is 0.653. The molecule has 0 radical (unpaired) electrons. The zero-order valence-corrected chi connectivity index (χ0v) is 9.44. The van der Waals surface area contributed by atoms with Gasteiger partial charge in [-0.1, -0.05) is 32.6 Å². The van der Waals surface area contributed by atoms with Crippen LogP contribution in [-0.4, -0.2) is 7.05 Å². The number of rotatable bonds is 4. The summed E-state index contributed by atoms with van der Waals surface area (Å²) in [5.41, 5.74) is 3.54. The second kappa shape index (κ2) is 5.63. The maximum Gasteiger partial charge on any atom is 0.0294 e. The highest BCUT2D eigenvalue weighted by Crippen LogP contribution is 2.15. The van der Waals surface area contributed by atoms with E-state index in [0.717, 1.165) is 5.70 Å². The minimum Gasteiger partial charge on any atom is -0.388 e. The van der Waals surface area contributed by atoms with Gasteiger partial charge in [0.05, 0.1) is 0 Å². The fraction of sp³-hybridized carbons (Fsp3) is 0.500. The van der Waals surface area contributed by atoms with Gasteiger partial charge in [-0.25, -0.2) is 0 Å². The molecule has 1 heteroatoms. The Morgan fingerprint density at radius 1 is 1.38 bits per heavy atom. The van der Waals surface area contributed by atoms with E-state index in [1.165, 1.54) is 11.1 Å². The minimum atomic E-state index is 0.574. The van der Waals surface area contributed by atoms with Gasteiger partial charge in [0.2, 0.25) is 0 Å². The summed E-state index contributed by atoms with van der Waals surface area (Å²) < 4.78 is 0. The van der Waals surface area contributed by atoms with Crippen molar-refractivity contribution in [3.05, 3.63) is 35.6 Å². The van der Waals surface area contributed by atoms with Crippen molar-refractivity contribution in [2.45, 2.75) is 27.7 Å². The lowest BCUT2D eigenvalue weighted by Crippen LogP contribution is -2.05. The van der Waals surface area contributed by atoms with Gasteiger partial charge in [0, 0.05) is 12.7 Å². The molecule has 0 atom stereocenters. The van der Waals surface area contributed by atoms with E-state index >= 15 is 0 Å². The maximum absolute atomic E-state index is 3.91. The topological polar surface area (TPSA) is 12.0 Å².